The van der Waals surface area contributed by atoms with Crippen molar-refractivity contribution in [3.63, 3.8) is 0 Å². The lowest BCUT2D eigenvalue weighted by molar-refractivity contribution is 0.102. The normalized spacial score (nSPS) is 14.3. The van der Waals surface area contributed by atoms with E-state index in [0.29, 0.717) is 28.3 Å². The number of amides is 1. The van der Waals surface area contributed by atoms with Crippen LogP contribution in [0.1, 0.15) is 27.4 Å². The molecule has 1 fully saturated rings. The molecule has 1 aliphatic rings. The van der Waals surface area contributed by atoms with E-state index in [0.717, 1.165) is 31.9 Å². The number of hydrogen-bond donors (Lipinski definition) is 2. The summed E-state index contributed by atoms with van der Waals surface area (Å²) in [5.74, 6) is 0.188. The van der Waals surface area contributed by atoms with Crippen molar-refractivity contribution in [1.82, 2.24) is 10.5 Å². The molecule has 3 rings (SSSR count). The molecule has 2 N–H and O–H groups in total. The van der Waals surface area contributed by atoms with E-state index < -0.39 is 0 Å². The monoisotopic (exact) mass is 325 g/mol. The molecule has 2 heterocycles. The topological polar surface area (TPSA) is 94.2 Å². The van der Waals surface area contributed by atoms with Gasteiger partial charge in [0, 0.05) is 31.9 Å². The predicted octanol–water partition coefficient (Wildman–Crippen LogP) is 1.83. The van der Waals surface area contributed by atoms with Crippen molar-refractivity contribution in [1.29, 1.82) is 5.26 Å². The van der Waals surface area contributed by atoms with Crippen molar-refractivity contribution in [2.24, 2.45) is 0 Å². The Balaban J connectivity index is 1.82. The lowest BCUT2D eigenvalue weighted by Crippen LogP contribution is -2.43. The van der Waals surface area contributed by atoms with Crippen molar-refractivity contribution in [3.05, 3.63) is 40.8 Å². The van der Waals surface area contributed by atoms with E-state index in [1.165, 1.54) is 0 Å². The second-order valence-corrected chi connectivity index (χ2v) is 5.73. The van der Waals surface area contributed by atoms with Gasteiger partial charge in [-0.05, 0) is 32.0 Å². The van der Waals surface area contributed by atoms with Gasteiger partial charge >= 0.3 is 0 Å². The zero-order chi connectivity index (χ0) is 17.1. The second kappa shape index (κ2) is 6.72. The molecule has 24 heavy (non-hydrogen) atoms. The van der Waals surface area contributed by atoms with Gasteiger partial charge in [0.15, 0.2) is 0 Å². The Labute approximate surface area is 140 Å². The second-order valence-electron chi connectivity index (χ2n) is 5.73. The summed E-state index contributed by atoms with van der Waals surface area (Å²) in [7, 11) is 0. The number of carbonyl (C=O) groups is 1. The number of rotatable bonds is 3. The summed E-state index contributed by atoms with van der Waals surface area (Å²) in [4.78, 5) is 14.6. The number of nitriles is 1. The quantitative estimate of drug-likeness (QED) is 0.894. The third kappa shape index (κ3) is 3.09. The van der Waals surface area contributed by atoms with E-state index in [1.54, 1.807) is 19.9 Å². The Morgan fingerprint density at radius 2 is 2.12 bits per heavy atom. The average Bonchev–Trinajstić information content (AvgIpc) is 2.94. The van der Waals surface area contributed by atoms with E-state index in [1.807, 2.05) is 12.1 Å². The fourth-order valence-electron chi connectivity index (χ4n) is 2.89. The molecule has 0 spiro atoms. The zero-order valence-electron chi connectivity index (χ0n) is 13.7. The third-order valence-electron chi connectivity index (χ3n) is 4.09. The minimum Gasteiger partial charge on any atom is -0.368 e. The number of benzene rings is 1. The van der Waals surface area contributed by atoms with Crippen LogP contribution in [0.3, 0.4) is 0 Å². The highest BCUT2D eigenvalue weighted by Gasteiger charge is 2.19. The molecular formula is C17H19N5O2. The van der Waals surface area contributed by atoms with Crippen LogP contribution in [0.5, 0.6) is 0 Å². The van der Waals surface area contributed by atoms with E-state index in [2.05, 4.69) is 26.8 Å². The molecule has 0 radical (unpaired) electrons. The maximum Gasteiger partial charge on any atom is 0.261 e. The highest BCUT2D eigenvalue weighted by atomic mass is 16.5. The molecule has 0 bridgehead atoms. The summed E-state index contributed by atoms with van der Waals surface area (Å²) < 4.78 is 5.02. The largest absolute Gasteiger partial charge is 0.368 e. The van der Waals surface area contributed by atoms with Crippen molar-refractivity contribution in [2.45, 2.75) is 13.8 Å². The highest BCUT2D eigenvalue weighted by Crippen LogP contribution is 2.25. The number of aromatic nitrogens is 1. The summed E-state index contributed by atoms with van der Waals surface area (Å²) in [6.07, 6.45) is 0. The van der Waals surface area contributed by atoms with Gasteiger partial charge in [-0.1, -0.05) is 5.16 Å². The highest BCUT2D eigenvalue weighted by molar-refractivity contribution is 6.05. The predicted molar refractivity (Wildman–Crippen MR) is 90.2 cm³/mol. The van der Waals surface area contributed by atoms with Crippen LogP contribution in [0.15, 0.2) is 22.7 Å². The molecule has 124 valence electrons. The minimum atomic E-state index is -0.287. The third-order valence-corrected chi connectivity index (χ3v) is 4.09. The lowest BCUT2D eigenvalue weighted by Gasteiger charge is -2.30. The summed E-state index contributed by atoms with van der Waals surface area (Å²) in [6, 6.07) is 7.62. The van der Waals surface area contributed by atoms with Gasteiger partial charge in [0.1, 0.15) is 17.4 Å². The Morgan fingerprint density at radius 1 is 1.38 bits per heavy atom. The molecule has 7 heteroatoms. The summed E-state index contributed by atoms with van der Waals surface area (Å²) in [5, 5.41) is 19.3. The Hall–Kier alpha value is -2.85. The number of carbonyl (C=O) groups excluding carboxylic acids is 1. The fraction of sp³-hybridized carbons (Fsp3) is 0.353. The average molecular weight is 325 g/mol. The summed E-state index contributed by atoms with van der Waals surface area (Å²) in [5.41, 5.74) is 3.00. The number of hydrogen-bond acceptors (Lipinski definition) is 6. The first kappa shape index (κ1) is 16.0. The van der Waals surface area contributed by atoms with Gasteiger partial charge in [0.05, 0.1) is 16.9 Å². The minimum absolute atomic E-state index is 0.287. The lowest BCUT2D eigenvalue weighted by atomic mass is 10.1. The smallest absolute Gasteiger partial charge is 0.261 e. The molecular weight excluding hydrogens is 306 g/mol. The van der Waals surface area contributed by atoms with Crippen molar-refractivity contribution in [3.8, 4) is 6.07 Å². The summed E-state index contributed by atoms with van der Waals surface area (Å²) in [6.45, 7) is 6.94. The van der Waals surface area contributed by atoms with Crippen molar-refractivity contribution in [2.75, 3.05) is 36.4 Å². The molecule has 1 aromatic carbocycles. The molecule has 0 aliphatic carbocycles. The molecule has 0 saturated carbocycles. The maximum atomic E-state index is 12.4. The van der Waals surface area contributed by atoms with Gasteiger partial charge in [-0.15, -0.1) is 0 Å². The molecule has 1 aliphatic heterocycles. The van der Waals surface area contributed by atoms with Crippen molar-refractivity contribution >= 4 is 17.3 Å². The number of nitrogens with zero attached hydrogens (tertiary/aromatic N) is 3. The van der Waals surface area contributed by atoms with Crippen LogP contribution in [0.4, 0.5) is 11.4 Å². The number of nitrogens with one attached hydrogen (secondary N) is 2. The van der Waals surface area contributed by atoms with E-state index in [9.17, 15) is 10.1 Å². The molecule has 1 amide bonds. The molecule has 1 aromatic heterocycles. The van der Waals surface area contributed by atoms with E-state index in [4.69, 9.17) is 4.52 Å². The van der Waals surface area contributed by atoms with Crippen LogP contribution in [-0.2, 0) is 0 Å². The van der Waals surface area contributed by atoms with E-state index >= 15 is 0 Å². The Bertz CT molecular complexity index is 780. The number of aryl methyl sites for hydroxylation is 2. The van der Waals surface area contributed by atoms with Gasteiger partial charge in [-0.2, -0.15) is 5.26 Å². The first-order chi connectivity index (χ1) is 11.6. The van der Waals surface area contributed by atoms with Crippen LogP contribution in [0.2, 0.25) is 0 Å². The molecule has 0 unspecified atom stereocenters. The van der Waals surface area contributed by atoms with Crippen LogP contribution < -0.4 is 15.5 Å². The van der Waals surface area contributed by atoms with E-state index in [-0.39, 0.29) is 5.91 Å². The molecule has 0 atom stereocenters. The van der Waals surface area contributed by atoms with Crippen LogP contribution in [0.25, 0.3) is 0 Å². The van der Waals surface area contributed by atoms with Crippen LogP contribution >= 0.6 is 0 Å². The first-order valence-corrected chi connectivity index (χ1v) is 7.84. The summed E-state index contributed by atoms with van der Waals surface area (Å²) >= 11 is 0. The fourth-order valence-corrected chi connectivity index (χ4v) is 2.89. The number of anilines is 2. The van der Waals surface area contributed by atoms with Gasteiger partial charge < -0.3 is 20.1 Å². The van der Waals surface area contributed by atoms with Gasteiger partial charge in [-0.3, -0.25) is 4.79 Å². The van der Waals surface area contributed by atoms with Gasteiger partial charge in [0.25, 0.3) is 5.91 Å². The first-order valence-electron chi connectivity index (χ1n) is 7.84. The van der Waals surface area contributed by atoms with Gasteiger partial charge in [0.2, 0.25) is 0 Å². The molecule has 2 aromatic rings. The van der Waals surface area contributed by atoms with Crippen molar-refractivity contribution < 1.29 is 9.32 Å². The standard InChI is InChI=1S/C17H19N5O2/c1-11-16(12(2)24-21-11)17(23)20-14-3-4-15(13(9-14)10-18)22-7-5-19-6-8-22/h3-4,9,19H,5-8H2,1-2H3,(H,20,23). The van der Waals surface area contributed by atoms with Crippen LogP contribution in [0, 0.1) is 25.2 Å². The Morgan fingerprint density at radius 3 is 2.75 bits per heavy atom. The van der Waals surface area contributed by atoms with Gasteiger partial charge in [-0.25, -0.2) is 0 Å². The van der Waals surface area contributed by atoms with Crippen LogP contribution in [-0.4, -0.2) is 37.2 Å². The zero-order valence-corrected chi connectivity index (χ0v) is 13.7. The molecule has 7 nitrogen and oxygen atoms in total. The number of piperazine rings is 1. The molecule has 1 saturated heterocycles. The Kier molecular flexibility index (Phi) is 4.49. The SMILES string of the molecule is Cc1noc(C)c1C(=O)Nc1ccc(N2CCNCC2)c(C#N)c1. The maximum absolute atomic E-state index is 12.4.